The average Bonchev–Trinajstić information content (AvgIpc) is 2.30. The summed E-state index contributed by atoms with van der Waals surface area (Å²) in [6, 6.07) is 3.37. The number of carbonyl (C=O) groups is 2. The molecule has 0 fully saturated rings. The minimum atomic E-state index is -1.19. The number of amides is 2. The molecule has 0 radical (unpaired) electrons. The fourth-order valence-electron chi connectivity index (χ4n) is 1.54. The molecule has 2 amide bonds. The SMILES string of the molecule is CC(C)(C)NC(=O)CCNC(=O)c1cccc(F)c1F. The van der Waals surface area contributed by atoms with Gasteiger partial charge >= 0.3 is 0 Å². The van der Waals surface area contributed by atoms with E-state index in [2.05, 4.69) is 10.6 Å². The highest BCUT2D eigenvalue weighted by molar-refractivity contribution is 5.94. The predicted octanol–water partition coefficient (Wildman–Crippen LogP) is 2.00. The first-order chi connectivity index (χ1) is 9.20. The summed E-state index contributed by atoms with van der Waals surface area (Å²) >= 11 is 0. The van der Waals surface area contributed by atoms with Gasteiger partial charge in [-0.1, -0.05) is 6.07 Å². The Balaban J connectivity index is 2.48. The molecule has 0 aliphatic heterocycles. The van der Waals surface area contributed by atoms with Crippen molar-refractivity contribution in [1.82, 2.24) is 10.6 Å². The molecule has 0 unspecified atom stereocenters. The van der Waals surface area contributed by atoms with Crippen LogP contribution in [0.4, 0.5) is 8.78 Å². The molecule has 0 heterocycles. The Labute approximate surface area is 116 Å². The van der Waals surface area contributed by atoms with Crippen LogP contribution in [-0.4, -0.2) is 23.9 Å². The maximum Gasteiger partial charge on any atom is 0.254 e. The van der Waals surface area contributed by atoms with Crippen molar-refractivity contribution in [2.24, 2.45) is 0 Å². The third-order valence-electron chi connectivity index (χ3n) is 2.35. The van der Waals surface area contributed by atoms with Gasteiger partial charge in [-0.3, -0.25) is 9.59 Å². The largest absolute Gasteiger partial charge is 0.351 e. The van der Waals surface area contributed by atoms with Crippen LogP contribution >= 0.6 is 0 Å². The molecule has 1 aromatic carbocycles. The first-order valence-electron chi connectivity index (χ1n) is 6.24. The first kappa shape index (κ1) is 16.1. The van der Waals surface area contributed by atoms with Gasteiger partial charge in [-0.15, -0.1) is 0 Å². The number of hydrogen-bond donors (Lipinski definition) is 2. The summed E-state index contributed by atoms with van der Waals surface area (Å²) in [7, 11) is 0. The Morgan fingerprint density at radius 1 is 1.20 bits per heavy atom. The average molecular weight is 284 g/mol. The van der Waals surface area contributed by atoms with Crippen molar-refractivity contribution in [2.45, 2.75) is 32.7 Å². The fraction of sp³-hybridized carbons (Fsp3) is 0.429. The molecule has 110 valence electrons. The number of halogens is 2. The Kier molecular flexibility index (Phi) is 5.19. The highest BCUT2D eigenvalue weighted by Crippen LogP contribution is 2.10. The zero-order valence-corrected chi connectivity index (χ0v) is 11.7. The van der Waals surface area contributed by atoms with Crippen LogP contribution in [0, 0.1) is 11.6 Å². The van der Waals surface area contributed by atoms with Crippen molar-refractivity contribution in [3.63, 3.8) is 0 Å². The summed E-state index contributed by atoms with van der Waals surface area (Å²) in [5, 5.41) is 5.11. The second kappa shape index (κ2) is 6.45. The van der Waals surface area contributed by atoms with Crippen molar-refractivity contribution < 1.29 is 18.4 Å². The second-order valence-electron chi connectivity index (χ2n) is 5.41. The van der Waals surface area contributed by atoms with Crippen molar-refractivity contribution in [2.75, 3.05) is 6.54 Å². The summed E-state index contributed by atoms with van der Waals surface area (Å²) in [4.78, 5) is 23.1. The molecule has 6 heteroatoms. The normalized spacial score (nSPS) is 11.1. The number of carbonyl (C=O) groups excluding carboxylic acids is 2. The van der Waals surface area contributed by atoms with Crippen LogP contribution in [0.15, 0.2) is 18.2 Å². The van der Waals surface area contributed by atoms with E-state index in [-0.39, 0.29) is 30.0 Å². The molecule has 0 atom stereocenters. The minimum Gasteiger partial charge on any atom is -0.351 e. The van der Waals surface area contributed by atoms with E-state index in [0.29, 0.717) is 0 Å². The van der Waals surface area contributed by atoms with E-state index < -0.39 is 17.5 Å². The molecule has 20 heavy (non-hydrogen) atoms. The topological polar surface area (TPSA) is 58.2 Å². The molecule has 0 saturated heterocycles. The van der Waals surface area contributed by atoms with Crippen molar-refractivity contribution in [3.05, 3.63) is 35.4 Å². The lowest BCUT2D eigenvalue weighted by molar-refractivity contribution is -0.122. The van der Waals surface area contributed by atoms with Crippen LogP contribution in [0.3, 0.4) is 0 Å². The van der Waals surface area contributed by atoms with Crippen LogP contribution in [0.1, 0.15) is 37.6 Å². The predicted molar refractivity (Wildman–Crippen MR) is 71.2 cm³/mol. The molecule has 2 N–H and O–H groups in total. The Bertz CT molecular complexity index is 510. The summed E-state index contributed by atoms with van der Waals surface area (Å²) < 4.78 is 26.3. The summed E-state index contributed by atoms with van der Waals surface area (Å²) in [5.41, 5.74) is -0.725. The van der Waals surface area contributed by atoms with Gasteiger partial charge in [0.1, 0.15) is 0 Å². The molecule has 0 bridgehead atoms. The van der Waals surface area contributed by atoms with E-state index in [1.165, 1.54) is 12.1 Å². The molecular formula is C14H18F2N2O2. The molecule has 1 rings (SSSR count). The lowest BCUT2D eigenvalue weighted by Gasteiger charge is -2.20. The zero-order chi connectivity index (χ0) is 15.3. The zero-order valence-electron chi connectivity index (χ0n) is 11.7. The van der Waals surface area contributed by atoms with E-state index in [1.807, 2.05) is 20.8 Å². The van der Waals surface area contributed by atoms with Gasteiger partial charge in [-0.2, -0.15) is 0 Å². The van der Waals surface area contributed by atoms with Crippen molar-refractivity contribution in [1.29, 1.82) is 0 Å². The Hall–Kier alpha value is -1.98. The number of benzene rings is 1. The van der Waals surface area contributed by atoms with E-state index in [9.17, 15) is 18.4 Å². The molecule has 0 aromatic heterocycles. The molecule has 0 aliphatic rings. The van der Waals surface area contributed by atoms with Crippen LogP contribution in [0.5, 0.6) is 0 Å². The van der Waals surface area contributed by atoms with Gasteiger partial charge in [-0.05, 0) is 32.9 Å². The second-order valence-corrected chi connectivity index (χ2v) is 5.41. The van der Waals surface area contributed by atoms with E-state index in [4.69, 9.17) is 0 Å². The summed E-state index contributed by atoms with van der Waals surface area (Å²) in [6.45, 7) is 5.57. The first-order valence-corrected chi connectivity index (χ1v) is 6.24. The molecule has 4 nitrogen and oxygen atoms in total. The third kappa shape index (κ3) is 4.95. The monoisotopic (exact) mass is 284 g/mol. The van der Waals surface area contributed by atoms with E-state index >= 15 is 0 Å². The van der Waals surface area contributed by atoms with Gasteiger partial charge in [0.2, 0.25) is 5.91 Å². The number of nitrogens with one attached hydrogen (secondary N) is 2. The van der Waals surface area contributed by atoms with Gasteiger partial charge in [0.25, 0.3) is 5.91 Å². The van der Waals surface area contributed by atoms with Gasteiger partial charge in [0.15, 0.2) is 11.6 Å². The van der Waals surface area contributed by atoms with Crippen LogP contribution in [-0.2, 0) is 4.79 Å². The molecular weight excluding hydrogens is 266 g/mol. The third-order valence-corrected chi connectivity index (χ3v) is 2.35. The molecule has 0 spiro atoms. The van der Waals surface area contributed by atoms with Crippen LogP contribution in [0.2, 0.25) is 0 Å². The van der Waals surface area contributed by atoms with Crippen LogP contribution < -0.4 is 10.6 Å². The Morgan fingerprint density at radius 3 is 2.45 bits per heavy atom. The van der Waals surface area contributed by atoms with Crippen molar-refractivity contribution in [3.8, 4) is 0 Å². The number of rotatable bonds is 4. The highest BCUT2D eigenvalue weighted by atomic mass is 19.2. The standard InChI is InChI=1S/C14H18F2N2O2/c1-14(2,3)18-11(19)7-8-17-13(20)9-5-4-6-10(15)12(9)16/h4-6H,7-8H2,1-3H3,(H,17,20)(H,18,19). The molecule has 1 aromatic rings. The minimum absolute atomic E-state index is 0.0523. The molecule has 0 saturated carbocycles. The maximum atomic E-state index is 13.3. The fourth-order valence-corrected chi connectivity index (χ4v) is 1.54. The van der Waals surface area contributed by atoms with E-state index in [0.717, 1.165) is 6.07 Å². The number of hydrogen-bond acceptors (Lipinski definition) is 2. The smallest absolute Gasteiger partial charge is 0.254 e. The Morgan fingerprint density at radius 2 is 1.85 bits per heavy atom. The lowest BCUT2D eigenvalue weighted by atomic mass is 10.1. The quantitative estimate of drug-likeness (QED) is 0.888. The van der Waals surface area contributed by atoms with Gasteiger partial charge in [-0.25, -0.2) is 8.78 Å². The maximum absolute atomic E-state index is 13.3. The van der Waals surface area contributed by atoms with Gasteiger partial charge in [0.05, 0.1) is 5.56 Å². The summed E-state index contributed by atoms with van der Waals surface area (Å²) in [6.07, 6.45) is 0.0694. The highest BCUT2D eigenvalue weighted by Gasteiger charge is 2.16. The van der Waals surface area contributed by atoms with Crippen LogP contribution in [0.25, 0.3) is 0 Å². The lowest BCUT2D eigenvalue weighted by Crippen LogP contribution is -2.42. The van der Waals surface area contributed by atoms with Gasteiger partial charge in [0, 0.05) is 18.5 Å². The van der Waals surface area contributed by atoms with E-state index in [1.54, 1.807) is 0 Å². The molecule has 0 aliphatic carbocycles. The summed E-state index contributed by atoms with van der Waals surface area (Å²) in [5.74, 6) is -3.24. The van der Waals surface area contributed by atoms with Crippen molar-refractivity contribution >= 4 is 11.8 Å². The van der Waals surface area contributed by atoms with Gasteiger partial charge < -0.3 is 10.6 Å².